The number of ether oxygens (including phenoxy) is 2. The second-order valence-electron chi connectivity index (χ2n) is 7.70. The number of methoxy groups -OCH3 is 1. The smallest absolute Gasteiger partial charge is 0.255 e. The first-order valence-corrected chi connectivity index (χ1v) is 10.2. The molecule has 0 aliphatic carbocycles. The van der Waals surface area contributed by atoms with Gasteiger partial charge in [-0.1, -0.05) is 0 Å². The first-order chi connectivity index (χ1) is 14.5. The predicted molar refractivity (Wildman–Crippen MR) is 114 cm³/mol. The van der Waals surface area contributed by atoms with Gasteiger partial charge in [-0.2, -0.15) is 0 Å². The number of pyridine rings is 1. The number of carbonyl (C=O) groups is 1. The molecule has 2 aromatic heterocycles. The van der Waals surface area contributed by atoms with Crippen molar-refractivity contribution in [2.24, 2.45) is 0 Å². The van der Waals surface area contributed by atoms with Crippen LogP contribution in [-0.2, 0) is 6.61 Å². The van der Waals surface area contributed by atoms with Gasteiger partial charge in [-0.3, -0.25) is 4.79 Å². The van der Waals surface area contributed by atoms with E-state index in [0.717, 1.165) is 36.9 Å². The van der Waals surface area contributed by atoms with Crippen molar-refractivity contribution in [1.29, 1.82) is 0 Å². The van der Waals surface area contributed by atoms with Gasteiger partial charge in [0.2, 0.25) is 5.88 Å². The number of amides is 1. The van der Waals surface area contributed by atoms with Crippen molar-refractivity contribution in [2.75, 3.05) is 27.2 Å². The second kappa shape index (κ2) is 8.75. The lowest BCUT2D eigenvalue weighted by Crippen LogP contribution is -2.43. The highest BCUT2D eigenvalue weighted by molar-refractivity contribution is 6.07. The van der Waals surface area contributed by atoms with Crippen LogP contribution in [0.4, 0.5) is 0 Å². The number of nitrogens with one attached hydrogen (secondary N) is 1. The summed E-state index contributed by atoms with van der Waals surface area (Å²) in [7, 11) is 3.69. The third-order valence-corrected chi connectivity index (χ3v) is 5.55. The van der Waals surface area contributed by atoms with Crippen LogP contribution in [0.1, 0.15) is 34.5 Å². The van der Waals surface area contributed by atoms with Crippen molar-refractivity contribution in [3.63, 3.8) is 0 Å². The largest absolute Gasteiger partial charge is 0.489 e. The Balaban J connectivity index is 1.52. The lowest BCUT2D eigenvalue weighted by atomic mass is 10.0. The molecular formula is C23H27N3O4. The summed E-state index contributed by atoms with van der Waals surface area (Å²) in [6, 6.07) is 9.48. The van der Waals surface area contributed by atoms with Gasteiger partial charge in [-0.05, 0) is 70.2 Å². The van der Waals surface area contributed by atoms with Gasteiger partial charge in [0.15, 0.2) is 0 Å². The minimum atomic E-state index is -0.0909. The number of benzene rings is 1. The molecule has 1 aromatic carbocycles. The number of carbonyl (C=O) groups excluding carboxylic acids is 1. The van der Waals surface area contributed by atoms with E-state index in [-0.39, 0.29) is 11.9 Å². The molecule has 3 heterocycles. The van der Waals surface area contributed by atoms with Gasteiger partial charge in [-0.25, -0.2) is 4.98 Å². The maximum absolute atomic E-state index is 13.0. The molecule has 1 aliphatic heterocycles. The molecule has 0 atom stereocenters. The topological polar surface area (TPSA) is 76.8 Å². The average molecular weight is 409 g/mol. The fraction of sp³-hybridized carbons (Fsp3) is 0.391. The minimum absolute atomic E-state index is 0.0909. The molecule has 0 unspecified atom stereocenters. The summed E-state index contributed by atoms with van der Waals surface area (Å²) >= 11 is 0. The van der Waals surface area contributed by atoms with Gasteiger partial charge >= 0.3 is 0 Å². The normalized spacial score (nSPS) is 15.3. The van der Waals surface area contributed by atoms with E-state index in [1.54, 1.807) is 13.3 Å². The summed E-state index contributed by atoms with van der Waals surface area (Å²) in [5.41, 5.74) is 2.10. The highest BCUT2D eigenvalue weighted by Gasteiger charge is 2.23. The Morgan fingerprint density at radius 1 is 1.30 bits per heavy atom. The molecule has 0 spiro atoms. The Kier molecular flexibility index (Phi) is 5.90. The first kappa shape index (κ1) is 20.2. The predicted octanol–water partition coefficient (Wildman–Crippen LogP) is 3.55. The number of aryl methyl sites for hydroxylation is 1. The van der Waals surface area contributed by atoms with Crippen molar-refractivity contribution in [1.82, 2.24) is 15.2 Å². The summed E-state index contributed by atoms with van der Waals surface area (Å²) in [5.74, 6) is 1.71. The maximum atomic E-state index is 13.0. The van der Waals surface area contributed by atoms with Gasteiger partial charge < -0.3 is 24.1 Å². The van der Waals surface area contributed by atoms with Gasteiger partial charge in [0, 0.05) is 17.6 Å². The number of hydrogen-bond donors (Lipinski definition) is 1. The average Bonchev–Trinajstić information content (AvgIpc) is 3.09. The van der Waals surface area contributed by atoms with Crippen molar-refractivity contribution in [2.45, 2.75) is 32.4 Å². The number of nitrogens with zero attached hydrogens (tertiary/aromatic N) is 2. The molecule has 1 amide bonds. The number of piperidine rings is 1. The van der Waals surface area contributed by atoms with Crippen molar-refractivity contribution >= 4 is 16.9 Å². The Labute approximate surface area is 176 Å². The van der Waals surface area contributed by atoms with Crippen molar-refractivity contribution < 1.29 is 18.7 Å². The Hall–Kier alpha value is -3.06. The monoisotopic (exact) mass is 409 g/mol. The fourth-order valence-corrected chi connectivity index (χ4v) is 3.86. The van der Waals surface area contributed by atoms with Crippen LogP contribution in [0.25, 0.3) is 11.0 Å². The Bertz CT molecular complexity index is 1040. The summed E-state index contributed by atoms with van der Waals surface area (Å²) in [5, 5.41) is 3.93. The van der Waals surface area contributed by atoms with E-state index < -0.39 is 0 Å². The number of hydrogen-bond acceptors (Lipinski definition) is 6. The SMILES string of the molecule is COc1ncccc1COc1ccc2oc(C)c(C(=O)NC3CCN(C)CC3)c2c1. The fourth-order valence-electron chi connectivity index (χ4n) is 3.86. The van der Waals surface area contributed by atoms with Crippen molar-refractivity contribution in [3.05, 3.63) is 53.4 Å². The molecule has 30 heavy (non-hydrogen) atoms. The molecule has 4 rings (SSSR count). The molecule has 1 fully saturated rings. The standard InChI is InChI=1S/C23H27N3O4/c1-15-21(22(27)25-17-8-11-26(2)12-9-17)19-13-18(6-7-20(19)30-15)29-14-16-5-4-10-24-23(16)28-3/h4-7,10,13,17H,8-9,11-12,14H2,1-3H3,(H,25,27). The van der Waals surface area contributed by atoms with E-state index in [1.165, 1.54) is 0 Å². The van der Waals surface area contributed by atoms with Crippen LogP contribution in [0.3, 0.4) is 0 Å². The molecule has 7 heteroatoms. The van der Waals surface area contributed by atoms with Gasteiger partial charge in [0.05, 0.1) is 18.2 Å². The van der Waals surface area contributed by atoms with Gasteiger partial charge in [0.25, 0.3) is 5.91 Å². The van der Waals surface area contributed by atoms with Crippen LogP contribution in [0.2, 0.25) is 0 Å². The zero-order chi connectivity index (χ0) is 21.1. The molecule has 3 aromatic rings. The highest BCUT2D eigenvalue weighted by Crippen LogP contribution is 2.30. The van der Waals surface area contributed by atoms with Crippen LogP contribution in [-0.4, -0.2) is 49.1 Å². The Morgan fingerprint density at radius 2 is 2.10 bits per heavy atom. The lowest BCUT2D eigenvalue weighted by molar-refractivity contribution is 0.0917. The number of furan rings is 1. The van der Waals surface area contributed by atoms with E-state index >= 15 is 0 Å². The summed E-state index contributed by atoms with van der Waals surface area (Å²) in [6.07, 6.45) is 3.59. The molecule has 1 aliphatic rings. The molecule has 1 saturated heterocycles. The van der Waals surface area contributed by atoms with Crippen LogP contribution in [0.5, 0.6) is 11.6 Å². The second-order valence-corrected chi connectivity index (χ2v) is 7.70. The van der Waals surface area contributed by atoms with E-state index in [9.17, 15) is 4.79 Å². The van der Waals surface area contributed by atoms with Crippen LogP contribution < -0.4 is 14.8 Å². The van der Waals surface area contributed by atoms with E-state index in [1.807, 2.05) is 37.3 Å². The molecule has 0 bridgehead atoms. The number of aromatic nitrogens is 1. The lowest BCUT2D eigenvalue weighted by Gasteiger charge is -2.29. The number of fused-ring (bicyclic) bond motifs is 1. The zero-order valence-corrected chi connectivity index (χ0v) is 17.6. The van der Waals surface area contributed by atoms with E-state index in [2.05, 4.69) is 22.2 Å². The number of likely N-dealkylation sites (tertiary alicyclic amines) is 1. The third-order valence-electron chi connectivity index (χ3n) is 5.55. The quantitative estimate of drug-likeness (QED) is 0.671. The Morgan fingerprint density at radius 3 is 2.87 bits per heavy atom. The molecule has 158 valence electrons. The highest BCUT2D eigenvalue weighted by atomic mass is 16.5. The zero-order valence-electron chi connectivity index (χ0n) is 17.6. The molecule has 7 nitrogen and oxygen atoms in total. The molecule has 1 N–H and O–H groups in total. The van der Waals surface area contributed by atoms with Gasteiger partial charge in [0.1, 0.15) is 23.7 Å². The van der Waals surface area contributed by atoms with Crippen LogP contribution in [0, 0.1) is 6.92 Å². The summed E-state index contributed by atoms with van der Waals surface area (Å²) in [6.45, 7) is 4.12. The third kappa shape index (κ3) is 4.26. The van der Waals surface area contributed by atoms with E-state index in [4.69, 9.17) is 13.9 Å². The molecule has 0 radical (unpaired) electrons. The van der Waals surface area contributed by atoms with Crippen LogP contribution >= 0.6 is 0 Å². The van der Waals surface area contributed by atoms with Crippen LogP contribution in [0.15, 0.2) is 40.9 Å². The molecular weight excluding hydrogens is 382 g/mol. The first-order valence-electron chi connectivity index (χ1n) is 10.2. The minimum Gasteiger partial charge on any atom is -0.489 e. The molecule has 0 saturated carbocycles. The van der Waals surface area contributed by atoms with Gasteiger partial charge in [-0.15, -0.1) is 0 Å². The summed E-state index contributed by atoms with van der Waals surface area (Å²) < 4.78 is 17.1. The number of rotatable bonds is 6. The summed E-state index contributed by atoms with van der Waals surface area (Å²) in [4.78, 5) is 19.5. The van der Waals surface area contributed by atoms with Crippen molar-refractivity contribution in [3.8, 4) is 11.6 Å². The van der Waals surface area contributed by atoms with E-state index in [0.29, 0.717) is 35.1 Å². The maximum Gasteiger partial charge on any atom is 0.255 e.